The van der Waals surface area contributed by atoms with Gasteiger partial charge in [0.2, 0.25) is 0 Å². The summed E-state index contributed by atoms with van der Waals surface area (Å²) in [5, 5.41) is 24.0. The van der Waals surface area contributed by atoms with Crippen molar-refractivity contribution in [3.63, 3.8) is 0 Å². The maximum Gasteiger partial charge on any atom is 0.255 e. The van der Waals surface area contributed by atoms with Crippen molar-refractivity contribution in [2.75, 3.05) is 5.32 Å². The van der Waals surface area contributed by atoms with Crippen LogP contribution in [0.15, 0.2) is 53.4 Å². The first-order valence-electron chi connectivity index (χ1n) is 12.7. The highest BCUT2D eigenvalue weighted by Crippen LogP contribution is 2.56. The van der Waals surface area contributed by atoms with Gasteiger partial charge in [0.1, 0.15) is 23.2 Å². The SMILES string of the molecule is Cc1ccc(F)c(C(O)C2(O)C3CC[C@H]2CC(S(=O)(=O)c2cc(C(=O)Nc4ccc(F)c(F)c4)ccc2Cl)C3)n1. The minimum absolute atomic E-state index is 0.0125. The first-order chi connectivity index (χ1) is 18.8. The number of anilines is 1. The predicted octanol–water partition coefficient (Wildman–Crippen LogP) is 5.14. The molecule has 1 amide bonds. The molecule has 1 aromatic heterocycles. The number of fused-ring (bicyclic) bond motifs is 2. The number of nitrogens with one attached hydrogen (secondary N) is 1. The van der Waals surface area contributed by atoms with Crippen molar-refractivity contribution >= 4 is 33.0 Å². The molecule has 2 aromatic carbocycles. The van der Waals surface area contributed by atoms with Crippen molar-refractivity contribution in [3.8, 4) is 0 Å². The fraction of sp³-hybridized carbons (Fsp3) is 0.357. The van der Waals surface area contributed by atoms with Crippen molar-refractivity contribution in [1.82, 2.24) is 4.98 Å². The van der Waals surface area contributed by atoms with E-state index in [1.54, 1.807) is 6.92 Å². The Hall–Kier alpha value is -2.99. The highest BCUT2D eigenvalue weighted by molar-refractivity contribution is 7.92. The minimum Gasteiger partial charge on any atom is -0.386 e. The van der Waals surface area contributed by atoms with E-state index in [-0.39, 0.29) is 39.7 Å². The summed E-state index contributed by atoms with van der Waals surface area (Å²) in [6.07, 6.45) is -0.798. The first-order valence-corrected chi connectivity index (χ1v) is 14.6. The zero-order chi connectivity index (χ0) is 29.0. The molecular weight excluding hydrogens is 569 g/mol. The predicted molar refractivity (Wildman–Crippen MR) is 141 cm³/mol. The molecule has 2 fully saturated rings. The molecule has 5 atom stereocenters. The molecule has 4 unspecified atom stereocenters. The fourth-order valence-corrected chi connectivity index (χ4v) is 8.43. The number of aromatic nitrogens is 1. The lowest BCUT2D eigenvalue weighted by Crippen LogP contribution is -2.52. The van der Waals surface area contributed by atoms with Gasteiger partial charge in [0.05, 0.1) is 15.2 Å². The number of sulfone groups is 1. The van der Waals surface area contributed by atoms with Crippen molar-refractivity contribution in [1.29, 1.82) is 0 Å². The molecule has 2 bridgehead atoms. The highest BCUT2D eigenvalue weighted by Gasteiger charge is 2.60. The lowest BCUT2D eigenvalue weighted by molar-refractivity contribution is -0.146. The number of nitrogens with zero attached hydrogens (tertiary/aromatic N) is 1. The van der Waals surface area contributed by atoms with E-state index in [1.807, 2.05) is 0 Å². The van der Waals surface area contributed by atoms with Gasteiger partial charge >= 0.3 is 0 Å². The summed E-state index contributed by atoms with van der Waals surface area (Å²) in [5.74, 6) is -5.06. The van der Waals surface area contributed by atoms with E-state index in [0.717, 1.165) is 24.3 Å². The molecule has 2 saturated carbocycles. The van der Waals surface area contributed by atoms with Gasteiger partial charge in [-0.1, -0.05) is 11.6 Å². The van der Waals surface area contributed by atoms with E-state index in [4.69, 9.17) is 11.6 Å². The Bertz CT molecular complexity index is 1590. The summed E-state index contributed by atoms with van der Waals surface area (Å²) in [4.78, 5) is 16.6. The quantitative estimate of drug-likeness (QED) is 0.364. The maximum absolute atomic E-state index is 14.5. The molecule has 3 N–H and O–H groups in total. The van der Waals surface area contributed by atoms with Gasteiger partial charge in [0.15, 0.2) is 21.5 Å². The Balaban J connectivity index is 1.40. The van der Waals surface area contributed by atoms with E-state index in [9.17, 15) is 36.6 Å². The van der Waals surface area contributed by atoms with Crippen molar-refractivity contribution in [3.05, 3.63) is 88.0 Å². The van der Waals surface area contributed by atoms with E-state index < -0.39 is 62.0 Å². The Labute approximate surface area is 233 Å². The molecule has 0 radical (unpaired) electrons. The van der Waals surface area contributed by atoms with Crippen LogP contribution in [0.2, 0.25) is 5.02 Å². The third-order valence-electron chi connectivity index (χ3n) is 8.09. The lowest BCUT2D eigenvalue weighted by atomic mass is 9.70. The smallest absolute Gasteiger partial charge is 0.255 e. The number of rotatable bonds is 6. The van der Waals surface area contributed by atoms with Gasteiger partial charge in [-0.2, -0.15) is 0 Å². The largest absolute Gasteiger partial charge is 0.386 e. The van der Waals surface area contributed by atoms with E-state index in [1.165, 1.54) is 24.3 Å². The van der Waals surface area contributed by atoms with Gasteiger partial charge in [-0.3, -0.25) is 9.78 Å². The van der Waals surface area contributed by atoms with Gasteiger partial charge in [0.25, 0.3) is 5.91 Å². The van der Waals surface area contributed by atoms with E-state index in [0.29, 0.717) is 18.5 Å². The Morgan fingerprint density at radius 1 is 1.02 bits per heavy atom. The third-order valence-corrected chi connectivity index (χ3v) is 10.7. The monoisotopic (exact) mass is 594 g/mol. The molecule has 40 heavy (non-hydrogen) atoms. The number of hydrogen-bond acceptors (Lipinski definition) is 6. The summed E-state index contributed by atoms with van der Waals surface area (Å²) in [6.45, 7) is 1.63. The molecule has 0 spiro atoms. The van der Waals surface area contributed by atoms with Crippen LogP contribution >= 0.6 is 11.6 Å². The molecule has 2 aliphatic rings. The van der Waals surface area contributed by atoms with E-state index in [2.05, 4.69) is 10.3 Å². The van der Waals surface area contributed by atoms with Crippen LogP contribution in [-0.4, -0.2) is 40.4 Å². The average Bonchev–Trinajstić information content (AvgIpc) is 3.07. The van der Waals surface area contributed by atoms with Gasteiger partial charge in [-0.25, -0.2) is 21.6 Å². The second-order valence-electron chi connectivity index (χ2n) is 10.4. The Morgan fingerprint density at radius 2 is 1.68 bits per heavy atom. The number of halogens is 4. The van der Waals surface area contributed by atoms with Gasteiger partial charge in [-0.15, -0.1) is 0 Å². The normalized spacial score (nSPS) is 25.0. The first kappa shape index (κ1) is 28.5. The molecule has 3 aromatic rings. The molecule has 0 aliphatic heterocycles. The number of aliphatic hydroxyl groups is 2. The number of carbonyl (C=O) groups excluding carboxylic acids is 1. The second-order valence-corrected chi connectivity index (χ2v) is 13.1. The van der Waals surface area contributed by atoms with Crippen LogP contribution in [0.1, 0.15) is 53.5 Å². The summed E-state index contributed by atoms with van der Waals surface area (Å²) >= 11 is 6.27. The van der Waals surface area contributed by atoms with Gasteiger partial charge in [0, 0.05) is 23.0 Å². The van der Waals surface area contributed by atoms with Crippen molar-refractivity contribution < 1.29 is 36.6 Å². The maximum atomic E-state index is 14.5. The summed E-state index contributed by atoms with van der Waals surface area (Å²) in [7, 11) is -4.12. The highest BCUT2D eigenvalue weighted by atomic mass is 35.5. The molecule has 2 aliphatic carbocycles. The molecule has 7 nitrogen and oxygen atoms in total. The molecular formula is C28H26ClF3N2O5S. The number of aryl methyl sites for hydroxylation is 1. The van der Waals surface area contributed by atoms with Crippen molar-refractivity contribution in [2.45, 2.75) is 54.5 Å². The van der Waals surface area contributed by atoms with Crippen molar-refractivity contribution in [2.24, 2.45) is 11.8 Å². The number of amides is 1. The third kappa shape index (κ3) is 4.89. The number of aliphatic hydroxyl groups excluding tert-OH is 1. The summed E-state index contributed by atoms with van der Waals surface area (Å²) in [6, 6.07) is 9.11. The zero-order valence-electron chi connectivity index (χ0n) is 21.2. The number of carbonyl (C=O) groups is 1. The average molecular weight is 595 g/mol. The standard InChI is InChI=1S/C28H26ClF3N2O5S/c1-14-2-8-22(31)25(33-14)26(35)28(37)16-4-5-17(28)12-19(11-16)40(38,39)24-10-15(3-7-20(24)29)27(36)34-18-6-9-21(30)23(32)13-18/h2-3,6-10,13,16-17,19,26,35,37H,4-5,11-12H2,1H3,(H,34,36)/t16-,17?,19?,26?,28?/m0/s1. The number of benzene rings is 2. The molecule has 5 rings (SSSR count). The Kier molecular flexibility index (Phi) is 7.45. The van der Waals surface area contributed by atoms with Crippen LogP contribution < -0.4 is 5.32 Å². The Morgan fingerprint density at radius 3 is 2.33 bits per heavy atom. The summed E-state index contributed by atoms with van der Waals surface area (Å²) < 4.78 is 68.8. The number of hydrogen-bond donors (Lipinski definition) is 3. The van der Waals surface area contributed by atoms with Crippen LogP contribution in [0.5, 0.6) is 0 Å². The van der Waals surface area contributed by atoms with Crippen LogP contribution in [0.3, 0.4) is 0 Å². The van der Waals surface area contributed by atoms with Crippen LogP contribution in [-0.2, 0) is 9.84 Å². The molecule has 0 saturated heterocycles. The van der Waals surface area contributed by atoms with E-state index >= 15 is 0 Å². The lowest BCUT2D eigenvalue weighted by Gasteiger charge is -2.45. The fourth-order valence-electron chi connectivity index (χ4n) is 6.03. The van der Waals surface area contributed by atoms with Crippen LogP contribution in [0.25, 0.3) is 0 Å². The molecule has 1 heterocycles. The molecule has 12 heteroatoms. The second kappa shape index (κ2) is 10.4. The zero-order valence-corrected chi connectivity index (χ0v) is 22.8. The van der Waals surface area contributed by atoms with Crippen LogP contribution in [0.4, 0.5) is 18.9 Å². The topological polar surface area (TPSA) is 117 Å². The molecule has 212 valence electrons. The summed E-state index contributed by atoms with van der Waals surface area (Å²) in [5.41, 5.74) is -1.66. The number of pyridine rings is 1. The minimum atomic E-state index is -4.12. The van der Waals surface area contributed by atoms with Crippen LogP contribution in [0, 0.1) is 36.2 Å². The van der Waals surface area contributed by atoms with Gasteiger partial charge in [-0.05, 0) is 86.9 Å². The van der Waals surface area contributed by atoms with Gasteiger partial charge < -0.3 is 15.5 Å².